The predicted octanol–water partition coefficient (Wildman–Crippen LogP) is 5.00. The summed E-state index contributed by atoms with van der Waals surface area (Å²) in [6, 6.07) is 4.01. The standard InChI is InChI=1S/C18H30O.C2H4O/c1-12(2)9-15-7-8-18(19)17(11-14(5)6)16(15)10-13(3)4;1-2-3-1/h7-8,12-14,19H,9-11H2,1-6H3;1-2H2. The van der Waals surface area contributed by atoms with Crippen molar-refractivity contribution in [3.63, 3.8) is 0 Å². The number of rotatable bonds is 6. The Morgan fingerprint density at radius 2 is 1.27 bits per heavy atom. The van der Waals surface area contributed by atoms with Gasteiger partial charge in [0.25, 0.3) is 0 Å². The maximum Gasteiger partial charge on any atom is 0.119 e. The van der Waals surface area contributed by atoms with E-state index >= 15 is 0 Å². The van der Waals surface area contributed by atoms with Gasteiger partial charge >= 0.3 is 0 Å². The first-order chi connectivity index (χ1) is 10.3. The summed E-state index contributed by atoms with van der Waals surface area (Å²) in [6.07, 6.45) is 3.14. The molecule has 0 unspecified atom stereocenters. The quantitative estimate of drug-likeness (QED) is 0.750. The van der Waals surface area contributed by atoms with E-state index < -0.39 is 0 Å². The molecule has 0 aromatic heterocycles. The summed E-state index contributed by atoms with van der Waals surface area (Å²) >= 11 is 0. The average molecular weight is 306 g/mol. The van der Waals surface area contributed by atoms with Gasteiger partial charge in [-0.15, -0.1) is 0 Å². The number of aromatic hydroxyl groups is 1. The molecule has 1 saturated heterocycles. The number of benzene rings is 1. The van der Waals surface area contributed by atoms with Crippen LogP contribution in [0.2, 0.25) is 0 Å². The second-order valence-corrected chi connectivity index (χ2v) is 7.61. The van der Waals surface area contributed by atoms with Gasteiger partial charge in [-0.25, -0.2) is 0 Å². The molecular formula is C20H34O2. The summed E-state index contributed by atoms with van der Waals surface area (Å²) in [5.41, 5.74) is 4.01. The van der Waals surface area contributed by atoms with E-state index in [1.165, 1.54) is 16.7 Å². The van der Waals surface area contributed by atoms with Gasteiger partial charge in [0.15, 0.2) is 0 Å². The number of hydrogen-bond donors (Lipinski definition) is 1. The molecule has 0 bridgehead atoms. The first-order valence-electron chi connectivity index (χ1n) is 8.71. The number of hydrogen-bond acceptors (Lipinski definition) is 2. The number of phenolic OH excluding ortho intramolecular Hbond substituents is 1. The third-order valence-electron chi connectivity index (χ3n) is 3.56. The lowest BCUT2D eigenvalue weighted by Crippen LogP contribution is -2.09. The predicted molar refractivity (Wildman–Crippen MR) is 94.6 cm³/mol. The van der Waals surface area contributed by atoms with Crippen molar-refractivity contribution in [2.24, 2.45) is 17.8 Å². The van der Waals surface area contributed by atoms with Crippen LogP contribution in [0.25, 0.3) is 0 Å². The van der Waals surface area contributed by atoms with Crippen LogP contribution in [-0.4, -0.2) is 18.3 Å². The van der Waals surface area contributed by atoms with Gasteiger partial charge < -0.3 is 9.84 Å². The summed E-state index contributed by atoms with van der Waals surface area (Å²) in [5.74, 6) is 2.34. The molecule has 1 aliphatic heterocycles. The lowest BCUT2D eigenvalue weighted by atomic mass is 9.86. The third-order valence-corrected chi connectivity index (χ3v) is 3.56. The van der Waals surface area contributed by atoms with Crippen LogP contribution in [0.4, 0.5) is 0 Å². The molecule has 0 spiro atoms. The molecule has 2 nitrogen and oxygen atoms in total. The van der Waals surface area contributed by atoms with Crippen LogP contribution in [0.3, 0.4) is 0 Å². The minimum atomic E-state index is 0.483. The van der Waals surface area contributed by atoms with Crippen LogP contribution in [0, 0.1) is 17.8 Å². The highest BCUT2D eigenvalue weighted by molar-refractivity contribution is 5.45. The Labute approximate surface area is 136 Å². The second kappa shape index (κ2) is 9.19. The van der Waals surface area contributed by atoms with Crippen LogP contribution in [-0.2, 0) is 24.0 Å². The minimum Gasteiger partial charge on any atom is -0.508 e. The molecule has 126 valence electrons. The molecule has 0 atom stereocenters. The summed E-state index contributed by atoms with van der Waals surface area (Å²) < 4.78 is 4.50. The average Bonchev–Trinajstić information content (AvgIpc) is 3.23. The lowest BCUT2D eigenvalue weighted by molar-refractivity contribution is 0.458. The van der Waals surface area contributed by atoms with Gasteiger partial charge in [0.2, 0.25) is 0 Å². The van der Waals surface area contributed by atoms with Crippen molar-refractivity contribution in [1.29, 1.82) is 0 Å². The summed E-state index contributed by atoms with van der Waals surface area (Å²) in [5, 5.41) is 10.2. The number of epoxide rings is 1. The normalized spacial score (nSPS) is 13.5. The van der Waals surface area contributed by atoms with Crippen molar-refractivity contribution in [3.8, 4) is 5.75 Å². The van der Waals surface area contributed by atoms with Crippen LogP contribution in [0.5, 0.6) is 5.75 Å². The van der Waals surface area contributed by atoms with Gasteiger partial charge in [0.1, 0.15) is 5.75 Å². The van der Waals surface area contributed by atoms with Gasteiger partial charge in [0.05, 0.1) is 13.2 Å². The van der Waals surface area contributed by atoms with Gasteiger partial charge in [-0.1, -0.05) is 47.6 Å². The van der Waals surface area contributed by atoms with Gasteiger partial charge in [-0.3, -0.25) is 0 Å². The molecule has 1 aliphatic rings. The fourth-order valence-corrected chi connectivity index (χ4v) is 2.66. The summed E-state index contributed by atoms with van der Waals surface area (Å²) in [7, 11) is 0. The Morgan fingerprint density at radius 3 is 1.68 bits per heavy atom. The van der Waals surface area contributed by atoms with Crippen LogP contribution in [0.15, 0.2) is 12.1 Å². The van der Waals surface area contributed by atoms with Gasteiger partial charge in [0, 0.05) is 0 Å². The zero-order valence-corrected chi connectivity index (χ0v) is 15.3. The lowest BCUT2D eigenvalue weighted by Gasteiger charge is -2.20. The number of phenols is 1. The van der Waals surface area contributed by atoms with Crippen molar-refractivity contribution in [3.05, 3.63) is 28.8 Å². The maximum atomic E-state index is 10.2. The van der Waals surface area contributed by atoms with E-state index in [9.17, 15) is 5.11 Å². The minimum absolute atomic E-state index is 0.483. The Balaban J connectivity index is 0.000000714. The van der Waals surface area contributed by atoms with E-state index in [1.807, 2.05) is 6.07 Å². The van der Waals surface area contributed by atoms with Gasteiger partial charge in [-0.2, -0.15) is 0 Å². The Hall–Kier alpha value is -1.02. The fourth-order valence-electron chi connectivity index (χ4n) is 2.66. The zero-order valence-electron chi connectivity index (χ0n) is 15.3. The molecule has 1 heterocycles. The molecule has 0 radical (unpaired) electrons. The molecule has 1 fully saturated rings. The maximum absolute atomic E-state index is 10.2. The monoisotopic (exact) mass is 306 g/mol. The first kappa shape index (κ1) is 19.0. The van der Waals surface area contributed by atoms with Crippen molar-refractivity contribution < 1.29 is 9.84 Å². The van der Waals surface area contributed by atoms with Crippen molar-refractivity contribution >= 4 is 0 Å². The number of ether oxygens (including phenoxy) is 1. The highest BCUT2D eigenvalue weighted by atomic mass is 16.6. The zero-order chi connectivity index (χ0) is 16.7. The van der Waals surface area contributed by atoms with E-state index in [-0.39, 0.29) is 0 Å². The van der Waals surface area contributed by atoms with Crippen LogP contribution >= 0.6 is 0 Å². The molecule has 2 rings (SSSR count). The highest BCUT2D eigenvalue weighted by Gasteiger charge is 2.16. The van der Waals surface area contributed by atoms with Crippen molar-refractivity contribution in [2.75, 3.05) is 13.2 Å². The van der Waals surface area contributed by atoms with Crippen LogP contribution < -0.4 is 0 Å². The Bertz CT molecular complexity index is 443. The topological polar surface area (TPSA) is 32.8 Å². The van der Waals surface area contributed by atoms with Crippen LogP contribution in [0.1, 0.15) is 58.2 Å². The fraction of sp³-hybridized carbons (Fsp3) is 0.700. The van der Waals surface area contributed by atoms with Crippen molar-refractivity contribution in [2.45, 2.75) is 60.8 Å². The molecule has 0 saturated carbocycles. The molecule has 0 aliphatic carbocycles. The van der Waals surface area contributed by atoms with Crippen molar-refractivity contribution in [1.82, 2.24) is 0 Å². The summed E-state index contributed by atoms with van der Waals surface area (Å²) in [4.78, 5) is 0. The molecule has 22 heavy (non-hydrogen) atoms. The van der Waals surface area contributed by atoms with E-state index in [1.54, 1.807) is 0 Å². The second-order valence-electron chi connectivity index (χ2n) is 7.61. The van der Waals surface area contributed by atoms with E-state index in [0.717, 1.165) is 32.5 Å². The van der Waals surface area contributed by atoms with E-state index in [2.05, 4.69) is 52.3 Å². The van der Waals surface area contributed by atoms with E-state index in [4.69, 9.17) is 0 Å². The molecule has 1 N–H and O–H groups in total. The Kier molecular flexibility index (Phi) is 7.95. The molecule has 1 aromatic rings. The molecule has 1 aromatic carbocycles. The summed E-state index contributed by atoms with van der Waals surface area (Å²) in [6.45, 7) is 15.5. The van der Waals surface area contributed by atoms with Gasteiger partial charge in [-0.05, 0) is 59.8 Å². The molecule has 2 heteroatoms. The first-order valence-corrected chi connectivity index (χ1v) is 8.71. The largest absolute Gasteiger partial charge is 0.508 e. The molecule has 0 amide bonds. The Morgan fingerprint density at radius 1 is 0.818 bits per heavy atom. The SMILES string of the molecule is C1CO1.CC(C)Cc1ccc(O)c(CC(C)C)c1CC(C)C. The highest BCUT2D eigenvalue weighted by Crippen LogP contribution is 2.30. The van der Waals surface area contributed by atoms with E-state index in [0.29, 0.717) is 23.5 Å². The third kappa shape index (κ3) is 7.31. The molecular weight excluding hydrogens is 272 g/mol. The smallest absolute Gasteiger partial charge is 0.119 e.